The molecule has 0 spiro atoms. The molecule has 3 fully saturated rings. The van der Waals surface area contributed by atoms with Crippen LogP contribution >= 0.6 is 0 Å². The zero-order valence-electron chi connectivity index (χ0n) is 19.6. The maximum absolute atomic E-state index is 15.6. The smallest absolute Gasteiger partial charge is 0.185 e. The van der Waals surface area contributed by atoms with Crippen molar-refractivity contribution in [3.63, 3.8) is 0 Å². The molecule has 3 aliphatic rings. The quantitative estimate of drug-likeness (QED) is 0.602. The second-order valence-electron chi connectivity index (χ2n) is 10.6. The highest BCUT2D eigenvalue weighted by atomic mass is 19.1. The molecule has 0 amide bonds. The minimum absolute atomic E-state index is 0.0374. The Labute approximate surface area is 198 Å². The maximum atomic E-state index is 15.6. The third-order valence-corrected chi connectivity index (χ3v) is 7.84. The lowest BCUT2D eigenvalue weighted by atomic mass is 9.60. The highest BCUT2D eigenvalue weighted by molar-refractivity contribution is 5.70. The number of alkyl halides is 1. The van der Waals surface area contributed by atoms with Crippen LogP contribution in [0.15, 0.2) is 30.7 Å². The number of benzene rings is 1. The van der Waals surface area contributed by atoms with Gasteiger partial charge in [0.05, 0.1) is 17.8 Å². The van der Waals surface area contributed by atoms with Crippen LogP contribution in [0.5, 0.6) is 5.75 Å². The highest BCUT2D eigenvalue weighted by Crippen LogP contribution is 2.52. The average molecular weight is 464 g/mol. The number of phenolic OH excluding ortho intramolecular Hbond substituents is 1. The van der Waals surface area contributed by atoms with Crippen LogP contribution in [0.1, 0.15) is 51.9 Å². The first kappa shape index (κ1) is 21.4. The van der Waals surface area contributed by atoms with Crippen LogP contribution in [0, 0.1) is 11.3 Å². The van der Waals surface area contributed by atoms with Gasteiger partial charge in [-0.1, -0.05) is 19.4 Å². The van der Waals surface area contributed by atoms with Crippen molar-refractivity contribution in [2.45, 2.75) is 70.1 Å². The number of rotatable bonds is 5. The molecule has 0 radical (unpaired) electrons. The standard InChI is InChI=1S/C25H30FN7O/c1-25-9-3-4-16(11-25)22(26)19(12-25)33(17-6-7-17)21-13-27-24(30-29-21)18-8-5-15(10-20(18)34)23-28-14-32(2)31-23/h5,8,10,13-14,16-17,19,22,34H,3-4,6-7,9,11-12H2,1-2H3/t16-,19-,22+,25+/m0/s1. The molecule has 3 aliphatic carbocycles. The molecule has 178 valence electrons. The monoisotopic (exact) mass is 463 g/mol. The maximum Gasteiger partial charge on any atom is 0.185 e. The van der Waals surface area contributed by atoms with Gasteiger partial charge < -0.3 is 10.0 Å². The van der Waals surface area contributed by atoms with Gasteiger partial charge in [-0.2, -0.15) is 5.10 Å². The van der Waals surface area contributed by atoms with Crippen molar-refractivity contribution in [1.29, 1.82) is 0 Å². The molecule has 2 bridgehead atoms. The molecule has 0 aliphatic heterocycles. The summed E-state index contributed by atoms with van der Waals surface area (Å²) in [6.45, 7) is 2.32. The molecule has 8 nitrogen and oxygen atoms in total. The lowest BCUT2D eigenvalue weighted by Gasteiger charge is -2.51. The second-order valence-corrected chi connectivity index (χ2v) is 10.6. The molecule has 6 rings (SSSR count). The Bertz CT molecular complexity index is 1190. The normalized spacial score (nSPS) is 28.6. The van der Waals surface area contributed by atoms with Crippen molar-refractivity contribution >= 4 is 5.82 Å². The first-order valence-electron chi connectivity index (χ1n) is 12.2. The van der Waals surface area contributed by atoms with Crippen molar-refractivity contribution < 1.29 is 9.50 Å². The van der Waals surface area contributed by atoms with E-state index in [-0.39, 0.29) is 23.1 Å². The van der Waals surface area contributed by atoms with E-state index in [1.165, 1.54) is 6.42 Å². The van der Waals surface area contributed by atoms with Gasteiger partial charge in [-0.25, -0.2) is 14.4 Å². The molecule has 2 aromatic heterocycles. The van der Waals surface area contributed by atoms with Gasteiger partial charge in [0.15, 0.2) is 17.5 Å². The third-order valence-electron chi connectivity index (χ3n) is 7.84. The molecule has 0 unspecified atom stereocenters. The van der Waals surface area contributed by atoms with Gasteiger partial charge in [0.1, 0.15) is 18.2 Å². The van der Waals surface area contributed by atoms with Crippen molar-refractivity contribution in [2.75, 3.05) is 4.90 Å². The molecule has 1 N–H and O–H groups in total. The van der Waals surface area contributed by atoms with E-state index in [2.05, 4.69) is 37.1 Å². The molecule has 3 saturated carbocycles. The third kappa shape index (κ3) is 3.80. The SMILES string of the molecule is Cn1cnc(-c2ccc(-c3ncc(N(C4CC4)[C@H]4C[C@]5(C)CCC[C@@H](C5)[C@H]4F)nn3)c(O)c2)n1. The Morgan fingerprint density at radius 2 is 1.97 bits per heavy atom. The molecule has 9 heteroatoms. The first-order chi connectivity index (χ1) is 16.4. The van der Waals surface area contributed by atoms with E-state index in [0.29, 0.717) is 34.6 Å². The number of nitrogens with zero attached hydrogens (tertiary/aromatic N) is 7. The van der Waals surface area contributed by atoms with Gasteiger partial charge >= 0.3 is 0 Å². The fraction of sp³-hybridized carbons (Fsp3) is 0.560. The van der Waals surface area contributed by atoms with Gasteiger partial charge in [0.25, 0.3) is 0 Å². The van der Waals surface area contributed by atoms with Crippen LogP contribution in [0.3, 0.4) is 0 Å². The summed E-state index contributed by atoms with van der Waals surface area (Å²) in [5.41, 5.74) is 1.40. The van der Waals surface area contributed by atoms with Crippen molar-refractivity contribution in [3.05, 3.63) is 30.7 Å². The molecule has 34 heavy (non-hydrogen) atoms. The van der Waals surface area contributed by atoms with Crippen LogP contribution in [0.25, 0.3) is 22.8 Å². The molecule has 0 saturated heterocycles. The summed E-state index contributed by atoms with van der Waals surface area (Å²) in [4.78, 5) is 10.9. The number of aryl methyl sites for hydroxylation is 1. The Kier molecular flexibility index (Phi) is 5.04. The Morgan fingerprint density at radius 1 is 1.12 bits per heavy atom. The summed E-state index contributed by atoms with van der Waals surface area (Å²) in [5, 5.41) is 23.7. The predicted molar refractivity (Wildman–Crippen MR) is 126 cm³/mol. The largest absolute Gasteiger partial charge is 0.507 e. The van der Waals surface area contributed by atoms with Gasteiger partial charge in [0.2, 0.25) is 0 Å². The molecule has 1 aromatic carbocycles. The molecule has 4 atom stereocenters. The summed E-state index contributed by atoms with van der Waals surface area (Å²) in [6, 6.07) is 5.32. The number of halogens is 1. The summed E-state index contributed by atoms with van der Waals surface area (Å²) in [6.07, 6.45) is 9.71. The number of anilines is 1. The molecule has 2 heterocycles. The predicted octanol–water partition coefficient (Wildman–Crippen LogP) is 4.32. The Balaban J connectivity index is 1.27. The Morgan fingerprint density at radius 3 is 2.65 bits per heavy atom. The number of aromatic hydroxyl groups is 1. The van der Waals surface area contributed by atoms with Crippen molar-refractivity contribution in [3.8, 4) is 28.5 Å². The summed E-state index contributed by atoms with van der Waals surface area (Å²) in [5.74, 6) is 1.68. The van der Waals surface area contributed by atoms with Gasteiger partial charge in [-0.05, 0) is 62.0 Å². The van der Waals surface area contributed by atoms with Crippen LogP contribution in [0.2, 0.25) is 0 Å². The van der Waals surface area contributed by atoms with E-state index in [9.17, 15) is 5.11 Å². The van der Waals surface area contributed by atoms with Gasteiger partial charge in [-0.15, -0.1) is 10.2 Å². The molecule has 3 aromatic rings. The summed E-state index contributed by atoms with van der Waals surface area (Å²) < 4.78 is 17.2. The fourth-order valence-corrected chi connectivity index (χ4v) is 6.09. The summed E-state index contributed by atoms with van der Waals surface area (Å²) in [7, 11) is 1.79. The van der Waals surface area contributed by atoms with E-state index >= 15 is 4.39 Å². The zero-order chi connectivity index (χ0) is 23.4. The summed E-state index contributed by atoms with van der Waals surface area (Å²) >= 11 is 0. The van der Waals surface area contributed by atoms with Crippen LogP contribution in [-0.2, 0) is 7.05 Å². The van der Waals surface area contributed by atoms with E-state index in [1.54, 1.807) is 36.4 Å². The van der Waals surface area contributed by atoms with E-state index < -0.39 is 6.17 Å². The van der Waals surface area contributed by atoms with Crippen LogP contribution in [-0.4, -0.2) is 53.3 Å². The van der Waals surface area contributed by atoms with Crippen LogP contribution < -0.4 is 4.90 Å². The average Bonchev–Trinajstić information content (AvgIpc) is 3.56. The first-order valence-corrected chi connectivity index (χ1v) is 12.2. The van der Waals surface area contributed by atoms with Crippen molar-refractivity contribution in [2.24, 2.45) is 18.4 Å². The van der Waals surface area contributed by atoms with Crippen molar-refractivity contribution in [1.82, 2.24) is 29.9 Å². The Hall–Kier alpha value is -3.10. The number of hydrogen-bond donors (Lipinski definition) is 1. The van der Waals surface area contributed by atoms with Gasteiger partial charge in [0, 0.05) is 18.7 Å². The number of fused-ring (bicyclic) bond motifs is 2. The topological polar surface area (TPSA) is 92.9 Å². The second kappa shape index (κ2) is 7.99. The number of hydrogen-bond acceptors (Lipinski definition) is 7. The number of phenols is 1. The minimum atomic E-state index is -0.841. The lowest BCUT2D eigenvalue weighted by Crippen LogP contribution is -2.54. The lowest BCUT2D eigenvalue weighted by molar-refractivity contribution is 0.00942. The zero-order valence-corrected chi connectivity index (χ0v) is 19.6. The van der Waals surface area contributed by atoms with E-state index in [1.807, 2.05) is 6.07 Å². The van der Waals surface area contributed by atoms with Gasteiger partial charge in [-0.3, -0.25) is 4.68 Å². The molecular weight excluding hydrogens is 433 g/mol. The number of aromatic nitrogens is 6. The minimum Gasteiger partial charge on any atom is -0.507 e. The van der Waals surface area contributed by atoms with E-state index in [0.717, 1.165) is 38.5 Å². The van der Waals surface area contributed by atoms with Crippen LogP contribution in [0.4, 0.5) is 10.2 Å². The fourth-order valence-electron chi connectivity index (χ4n) is 6.09. The molecular formula is C25H30FN7O. The van der Waals surface area contributed by atoms with E-state index in [4.69, 9.17) is 0 Å². The highest BCUT2D eigenvalue weighted by Gasteiger charge is 2.50.